The van der Waals surface area contributed by atoms with E-state index in [1.165, 1.54) is 22.7 Å². The van der Waals surface area contributed by atoms with Crippen LogP contribution in [0.3, 0.4) is 0 Å². The molecule has 0 aliphatic carbocycles. The maximum absolute atomic E-state index is 2.08. The zero-order valence-electron chi connectivity index (χ0n) is 23.7. The van der Waals surface area contributed by atoms with Gasteiger partial charge in [0.15, 0.2) is 0 Å². The summed E-state index contributed by atoms with van der Waals surface area (Å²) in [4.78, 5) is 8.33. The molecule has 4 nitrogen and oxygen atoms in total. The number of hydrogen-bond donors (Lipinski definition) is 0. The molecule has 4 aromatic rings. The van der Waals surface area contributed by atoms with Gasteiger partial charge in [-0.1, -0.05) is 72.8 Å². The van der Waals surface area contributed by atoms with Gasteiger partial charge in [0, 0.05) is 98.6 Å². The maximum atomic E-state index is 2.08. The summed E-state index contributed by atoms with van der Waals surface area (Å²) < 4.78 is 0. The van der Waals surface area contributed by atoms with Gasteiger partial charge in [-0.15, -0.1) is 0 Å². The van der Waals surface area contributed by atoms with E-state index in [2.05, 4.69) is 68.1 Å². The molecule has 4 aromatic carbocycles. The fourth-order valence-electron chi connectivity index (χ4n) is 2.90. The second-order valence-electron chi connectivity index (χ2n) is 8.92. The van der Waals surface area contributed by atoms with Gasteiger partial charge in [0.2, 0.25) is 0 Å². The summed E-state index contributed by atoms with van der Waals surface area (Å²) in [5.74, 6) is 0. The molecular formula is C32H44N4Ru. The second kappa shape index (κ2) is 19.8. The Balaban J connectivity index is 0.000000463. The molecule has 0 radical (unpaired) electrons. The average Bonchev–Trinajstić information content (AvgIpc) is 2.92. The minimum atomic E-state index is 0. The number of benzene rings is 4. The summed E-state index contributed by atoms with van der Waals surface area (Å²) >= 11 is 0. The van der Waals surface area contributed by atoms with Gasteiger partial charge in [-0.2, -0.15) is 0 Å². The largest absolute Gasteiger partial charge is 0.378 e. The molecule has 37 heavy (non-hydrogen) atoms. The van der Waals surface area contributed by atoms with Crippen molar-refractivity contribution in [1.82, 2.24) is 0 Å². The van der Waals surface area contributed by atoms with E-state index >= 15 is 0 Å². The van der Waals surface area contributed by atoms with E-state index in [0.29, 0.717) is 0 Å². The van der Waals surface area contributed by atoms with Gasteiger partial charge >= 0.3 is 0 Å². The van der Waals surface area contributed by atoms with Crippen LogP contribution in [-0.4, -0.2) is 56.4 Å². The summed E-state index contributed by atoms with van der Waals surface area (Å²) in [5.41, 5.74) is 4.99. The number of hydrogen-bond acceptors (Lipinski definition) is 4. The number of rotatable bonds is 4. The summed E-state index contributed by atoms with van der Waals surface area (Å²) in [7, 11) is 16.3. The smallest absolute Gasteiger partial charge is 0.0360 e. The third kappa shape index (κ3) is 15.4. The summed E-state index contributed by atoms with van der Waals surface area (Å²) in [5, 5.41) is 0. The minimum Gasteiger partial charge on any atom is -0.378 e. The molecule has 0 spiro atoms. The standard InChI is InChI=1S/4C8H11N.Ru/c4*1-9(2)8-6-4-3-5-7-8;/h4*3-7H,1-2H3;. The Kier molecular flexibility index (Phi) is 18.1. The predicted octanol–water partition coefficient (Wildman–Crippen LogP) is 7.01. The van der Waals surface area contributed by atoms with E-state index in [-0.39, 0.29) is 19.5 Å². The van der Waals surface area contributed by atoms with Crippen LogP contribution in [-0.2, 0) is 19.5 Å². The van der Waals surface area contributed by atoms with E-state index in [1.807, 2.05) is 129 Å². The van der Waals surface area contributed by atoms with Gasteiger partial charge in [0.1, 0.15) is 0 Å². The topological polar surface area (TPSA) is 13.0 Å². The van der Waals surface area contributed by atoms with Crippen LogP contribution in [0.5, 0.6) is 0 Å². The minimum absolute atomic E-state index is 0. The van der Waals surface area contributed by atoms with Crippen LogP contribution in [0.15, 0.2) is 121 Å². The molecule has 5 heteroatoms. The Morgan fingerprint density at radius 1 is 0.270 bits per heavy atom. The van der Waals surface area contributed by atoms with E-state index < -0.39 is 0 Å². The van der Waals surface area contributed by atoms with E-state index in [4.69, 9.17) is 0 Å². The van der Waals surface area contributed by atoms with Crippen LogP contribution >= 0.6 is 0 Å². The fourth-order valence-corrected chi connectivity index (χ4v) is 2.90. The molecule has 0 atom stereocenters. The maximum Gasteiger partial charge on any atom is 0.0360 e. The Bertz CT molecular complexity index is 849. The van der Waals surface area contributed by atoms with Crippen molar-refractivity contribution in [2.24, 2.45) is 0 Å². The van der Waals surface area contributed by atoms with Crippen molar-refractivity contribution >= 4 is 22.7 Å². The van der Waals surface area contributed by atoms with Crippen molar-refractivity contribution in [3.63, 3.8) is 0 Å². The SMILES string of the molecule is CN(C)c1ccccc1.CN(C)c1ccccc1.CN(C)c1ccccc1.CN(C)c1ccccc1.[Ru]. The molecule has 0 amide bonds. The van der Waals surface area contributed by atoms with Crippen molar-refractivity contribution in [3.05, 3.63) is 121 Å². The average molecular weight is 586 g/mol. The molecule has 0 aromatic heterocycles. The van der Waals surface area contributed by atoms with Gasteiger partial charge in [-0.05, 0) is 48.5 Å². The molecule has 0 fully saturated rings. The zero-order valence-corrected chi connectivity index (χ0v) is 25.4. The van der Waals surface area contributed by atoms with E-state index in [1.54, 1.807) is 0 Å². The number of anilines is 4. The van der Waals surface area contributed by atoms with E-state index in [0.717, 1.165) is 0 Å². The van der Waals surface area contributed by atoms with Crippen LogP contribution in [0.2, 0.25) is 0 Å². The normalized spacial score (nSPS) is 8.86. The van der Waals surface area contributed by atoms with Gasteiger partial charge in [-0.3, -0.25) is 0 Å². The van der Waals surface area contributed by atoms with Crippen LogP contribution < -0.4 is 19.6 Å². The Morgan fingerprint density at radius 3 is 0.486 bits per heavy atom. The molecule has 4 rings (SSSR count). The molecule has 0 heterocycles. The molecule has 0 saturated carbocycles. The molecule has 0 aliphatic heterocycles. The first-order valence-corrected chi connectivity index (χ1v) is 12.1. The third-order valence-corrected chi connectivity index (χ3v) is 5.09. The summed E-state index contributed by atoms with van der Waals surface area (Å²) in [6, 6.07) is 41.0. The second-order valence-corrected chi connectivity index (χ2v) is 8.92. The van der Waals surface area contributed by atoms with Gasteiger partial charge in [0.25, 0.3) is 0 Å². The first kappa shape index (κ1) is 33.7. The van der Waals surface area contributed by atoms with Crippen molar-refractivity contribution < 1.29 is 19.5 Å². The van der Waals surface area contributed by atoms with E-state index in [9.17, 15) is 0 Å². The molecule has 0 aliphatic rings. The molecule has 200 valence electrons. The molecule has 0 bridgehead atoms. The third-order valence-electron chi connectivity index (χ3n) is 5.09. The summed E-state index contributed by atoms with van der Waals surface area (Å²) in [6.07, 6.45) is 0. The first-order valence-electron chi connectivity index (χ1n) is 12.1. The van der Waals surface area contributed by atoms with Crippen molar-refractivity contribution in [2.45, 2.75) is 0 Å². The van der Waals surface area contributed by atoms with Crippen LogP contribution in [0.25, 0.3) is 0 Å². The fraction of sp³-hybridized carbons (Fsp3) is 0.250. The van der Waals surface area contributed by atoms with Crippen LogP contribution in [0, 0.1) is 0 Å². The Morgan fingerprint density at radius 2 is 0.405 bits per heavy atom. The summed E-state index contributed by atoms with van der Waals surface area (Å²) in [6.45, 7) is 0. The predicted molar refractivity (Wildman–Crippen MR) is 163 cm³/mol. The molecule has 0 N–H and O–H groups in total. The van der Waals surface area contributed by atoms with Gasteiger partial charge in [-0.25, -0.2) is 0 Å². The first-order chi connectivity index (χ1) is 17.2. The molecular weight excluding hydrogens is 541 g/mol. The Labute approximate surface area is 238 Å². The van der Waals surface area contributed by atoms with Crippen molar-refractivity contribution in [1.29, 1.82) is 0 Å². The number of para-hydroxylation sites is 4. The van der Waals surface area contributed by atoms with Crippen molar-refractivity contribution in [3.8, 4) is 0 Å². The van der Waals surface area contributed by atoms with Crippen LogP contribution in [0.1, 0.15) is 0 Å². The van der Waals surface area contributed by atoms with Crippen LogP contribution in [0.4, 0.5) is 22.7 Å². The van der Waals surface area contributed by atoms with Gasteiger partial charge < -0.3 is 19.6 Å². The monoisotopic (exact) mass is 586 g/mol. The number of nitrogens with zero attached hydrogens (tertiary/aromatic N) is 4. The molecule has 0 unspecified atom stereocenters. The zero-order chi connectivity index (χ0) is 26.8. The van der Waals surface area contributed by atoms with Crippen molar-refractivity contribution in [2.75, 3.05) is 76.0 Å². The molecule has 0 saturated heterocycles. The van der Waals surface area contributed by atoms with Gasteiger partial charge in [0.05, 0.1) is 0 Å². The quantitative estimate of drug-likeness (QED) is 0.239. The Hall–Kier alpha value is -3.30.